The Kier molecular flexibility index (Phi) is 6.54. The maximum atomic E-state index is 12.3. The molecular weight excluding hydrogens is 444 g/mol. The zero-order valence-electron chi connectivity index (χ0n) is 15.5. The topological polar surface area (TPSA) is 48.5 Å². The van der Waals surface area contributed by atoms with E-state index >= 15 is 0 Å². The van der Waals surface area contributed by atoms with E-state index in [0.29, 0.717) is 10.2 Å². The molecule has 0 unspecified atom stereocenters. The number of para-hydroxylation sites is 1. The Morgan fingerprint density at radius 1 is 1.17 bits per heavy atom. The Balaban J connectivity index is 1.24. The Morgan fingerprint density at radius 3 is 2.69 bits per heavy atom. The quantitative estimate of drug-likeness (QED) is 0.566. The maximum Gasteiger partial charge on any atom is 0.236 e. The molecule has 2 aromatic carbocycles. The molecular formula is C20H19ClN4OS3. The highest BCUT2D eigenvalue weighted by atomic mass is 35.5. The van der Waals surface area contributed by atoms with Gasteiger partial charge in [-0.15, -0.1) is 0 Å². The normalized spacial score (nSPS) is 14.2. The highest BCUT2D eigenvalue weighted by Crippen LogP contribution is 2.28. The molecule has 29 heavy (non-hydrogen) atoms. The summed E-state index contributed by atoms with van der Waals surface area (Å²) in [6, 6.07) is 15.9. The number of hydrogen-bond donors (Lipinski definition) is 1. The SMILES string of the molecule is O=C(CSC(=S)N1CCN(c2ccccc2)CC1)Nc1nc2ccc(Cl)cc2s1. The van der Waals surface area contributed by atoms with Gasteiger partial charge >= 0.3 is 0 Å². The van der Waals surface area contributed by atoms with Gasteiger partial charge in [0.15, 0.2) is 5.13 Å². The number of carbonyl (C=O) groups excluding carboxylic acids is 1. The summed E-state index contributed by atoms with van der Waals surface area (Å²) in [7, 11) is 0. The third-order valence-corrected chi connectivity index (χ3v) is 7.27. The van der Waals surface area contributed by atoms with Crippen LogP contribution >= 0.6 is 46.9 Å². The molecule has 1 saturated heterocycles. The van der Waals surface area contributed by atoms with Crippen LogP contribution in [-0.4, -0.2) is 52.0 Å². The van der Waals surface area contributed by atoms with Crippen LogP contribution in [-0.2, 0) is 4.79 Å². The van der Waals surface area contributed by atoms with Crippen LogP contribution in [0.3, 0.4) is 0 Å². The van der Waals surface area contributed by atoms with E-state index < -0.39 is 0 Å². The van der Waals surface area contributed by atoms with Crippen molar-refractivity contribution < 1.29 is 4.79 Å². The van der Waals surface area contributed by atoms with Crippen LogP contribution in [0.1, 0.15) is 0 Å². The fourth-order valence-corrected chi connectivity index (χ4v) is 5.32. The molecule has 150 valence electrons. The largest absolute Gasteiger partial charge is 0.368 e. The fraction of sp³-hybridized carbons (Fsp3) is 0.250. The van der Waals surface area contributed by atoms with E-state index in [1.807, 2.05) is 18.2 Å². The van der Waals surface area contributed by atoms with Crippen LogP contribution < -0.4 is 10.2 Å². The van der Waals surface area contributed by atoms with Gasteiger partial charge in [0, 0.05) is 36.9 Å². The summed E-state index contributed by atoms with van der Waals surface area (Å²) in [5, 5.41) is 4.09. The second-order valence-electron chi connectivity index (χ2n) is 6.54. The number of amides is 1. The molecule has 3 aromatic rings. The van der Waals surface area contributed by atoms with Gasteiger partial charge in [-0.1, -0.05) is 65.1 Å². The first-order chi connectivity index (χ1) is 14.1. The fourth-order valence-electron chi connectivity index (χ4n) is 3.11. The van der Waals surface area contributed by atoms with Crippen molar-refractivity contribution in [3.63, 3.8) is 0 Å². The van der Waals surface area contributed by atoms with Gasteiger partial charge in [0.2, 0.25) is 5.91 Å². The van der Waals surface area contributed by atoms with Crippen LogP contribution in [0, 0.1) is 0 Å². The molecule has 5 nitrogen and oxygen atoms in total. The molecule has 1 aliphatic rings. The van der Waals surface area contributed by atoms with Crippen molar-refractivity contribution >= 4 is 78.2 Å². The standard InChI is InChI=1S/C20H19ClN4OS3/c21-14-6-7-16-17(12-14)29-19(22-16)23-18(26)13-28-20(27)25-10-8-24(9-11-25)15-4-2-1-3-5-15/h1-7,12H,8-11,13H2,(H,22,23,26). The number of anilines is 2. The maximum absolute atomic E-state index is 12.3. The van der Waals surface area contributed by atoms with E-state index in [4.69, 9.17) is 23.8 Å². The molecule has 0 aliphatic carbocycles. The molecule has 1 aromatic heterocycles. The number of hydrogen-bond acceptors (Lipinski definition) is 6. The number of thiocarbonyl (C=S) groups is 1. The number of aromatic nitrogens is 1. The lowest BCUT2D eigenvalue weighted by Crippen LogP contribution is -2.47. The molecule has 1 fully saturated rings. The van der Waals surface area contributed by atoms with E-state index in [9.17, 15) is 4.79 Å². The third kappa shape index (κ3) is 5.19. The summed E-state index contributed by atoms with van der Waals surface area (Å²) in [4.78, 5) is 21.3. The summed E-state index contributed by atoms with van der Waals surface area (Å²) >= 11 is 14.4. The molecule has 1 aliphatic heterocycles. The van der Waals surface area contributed by atoms with E-state index in [0.717, 1.165) is 40.7 Å². The minimum Gasteiger partial charge on any atom is -0.368 e. The lowest BCUT2D eigenvalue weighted by atomic mass is 10.2. The number of carbonyl (C=O) groups is 1. The van der Waals surface area contributed by atoms with Crippen molar-refractivity contribution in [2.45, 2.75) is 0 Å². The highest BCUT2D eigenvalue weighted by Gasteiger charge is 2.20. The summed E-state index contributed by atoms with van der Waals surface area (Å²) in [5.41, 5.74) is 2.07. The van der Waals surface area contributed by atoms with Crippen molar-refractivity contribution in [1.82, 2.24) is 9.88 Å². The average molecular weight is 463 g/mol. The van der Waals surface area contributed by atoms with Gasteiger partial charge in [0.1, 0.15) is 4.32 Å². The minimum absolute atomic E-state index is 0.106. The number of nitrogens with zero attached hydrogens (tertiary/aromatic N) is 3. The van der Waals surface area contributed by atoms with E-state index in [1.165, 1.54) is 28.8 Å². The Hall–Kier alpha value is -1.87. The lowest BCUT2D eigenvalue weighted by molar-refractivity contribution is -0.113. The molecule has 0 spiro atoms. The first-order valence-corrected chi connectivity index (χ1v) is 11.7. The molecule has 9 heteroatoms. The molecule has 1 N–H and O–H groups in total. The second-order valence-corrected chi connectivity index (χ2v) is 9.62. The smallest absolute Gasteiger partial charge is 0.236 e. The zero-order valence-corrected chi connectivity index (χ0v) is 18.7. The summed E-state index contributed by atoms with van der Waals surface area (Å²) in [5.74, 6) is 0.166. The van der Waals surface area contributed by atoms with E-state index in [-0.39, 0.29) is 11.7 Å². The van der Waals surface area contributed by atoms with Crippen LogP contribution in [0.2, 0.25) is 5.02 Å². The molecule has 0 bridgehead atoms. The number of halogens is 1. The van der Waals surface area contributed by atoms with Crippen molar-refractivity contribution in [2.24, 2.45) is 0 Å². The Labute approximate surface area is 188 Å². The van der Waals surface area contributed by atoms with Crippen molar-refractivity contribution in [1.29, 1.82) is 0 Å². The monoisotopic (exact) mass is 462 g/mol. The van der Waals surface area contributed by atoms with Gasteiger partial charge in [-0.3, -0.25) is 4.79 Å². The third-order valence-electron chi connectivity index (χ3n) is 4.58. The number of fused-ring (bicyclic) bond motifs is 1. The van der Waals surface area contributed by atoms with Crippen LogP contribution in [0.5, 0.6) is 0 Å². The number of benzene rings is 2. The van der Waals surface area contributed by atoms with Crippen LogP contribution in [0.4, 0.5) is 10.8 Å². The Bertz CT molecular complexity index is 1020. The number of thiazole rings is 1. The average Bonchev–Trinajstić information content (AvgIpc) is 3.14. The van der Waals surface area contributed by atoms with E-state index in [2.05, 4.69) is 44.4 Å². The van der Waals surface area contributed by atoms with Gasteiger partial charge in [-0.25, -0.2) is 4.98 Å². The van der Waals surface area contributed by atoms with Gasteiger partial charge in [-0.2, -0.15) is 0 Å². The molecule has 4 rings (SSSR count). The summed E-state index contributed by atoms with van der Waals surface area (Å²) < 4.78 is 1.72. The van der Waals surface area contributed by atoms with Crippen LogP contribution in [0.15, 0.2) is 48.5 Å². The molecule has 0 saturated carbocycles. The highest BCUT2D eigenvalue weighted by molar-refractivity contribution is 8.23. The summed E-state index contributed by atoms with van der Waals surface area (Å²) in [6.07, 6.45) is 0. The number of nitrogens with one attached hydrogen (secondary N) is 1. The van der Waals surface area contributed by atoms with Crippen molar-refractivity contribution in [3.05, 3.63) is 53.6 Å². The lowest BCUT2D eigenvalue weighted by Gasteiger charge is -2.37. The van der Waals surface area contributed by atoms with Gasteiger partial charge in [0.05, 0.1) is 16.0 Å². The number of thioether (sulfide) groups is 1. The number of piperazine rings is 1. The molecule has 0 atom stereocenters. The molecule has 2 heterocycles. The van der Waals surface area contributed by atoms with Crippen LogP contribution in [0.25, 0.3) is 10.2 Å². The number of rotatable bonds is 4. The predicted molar refractivity (Wildman–Crippen MR) is 129 cm³/mol. The van der Waals surface area contributed by atoms with Crippen molar-refractivity contribution in [3.8, 4) is 0 Å². The predicted octanol–water partition coefficient (Wildman–Crippen LogP) is 4.73. The van der Waals surface area contributed by atoms with Gasteiger partial charge in [0.25, 0.3) is 0 Å². The first kappa shape index (κ1) is 20.4. The summed E-state index contributed by atoms with van der Waals surface area (Å²) in [6.45, 7) is 3.57. The second kappa shape index (κ2) is 9.30. The van der Waals surface area contributed by atoms with Gasteiger partial charge in [-0.05, 0) is 30.3 Å². The molecule has 1 amide bonds. The minimum atomic E-state index is -0.106. The molecule has 0 radical (unpaired) electrons. The first-order valence-electron chi connectivity index (χ1n) is 9.16. The van der Waals surface area contributed by atoms with Crippen molar-refractivity contribution in [2.75, 3.05) is 42.1 Å². The Morgan fingerprint density at radius 2 is 1.93 bits per heavy atom. The van der Waals surface area contributed by atoms with E-state index in [1.54, 1.807) is 6.07 Å². The van der Waals surface area contributed by atoms with Gasteiger partial charge < -0.3 is 15.1 Å². The zero-order chi connectivity index (χ0) is 20.2.